The zero-order valence-corrected chi connectivity index (χ0v) is 11.2. The Hall–Kier alpha value is -1.02. The van der Waals surface area contributed by atoms with E-state index in [0.717, 1.165) is 12.8 Å². The molecule has 0 spiro atoms. The minimum Gasteiger partial charge on any atom is -0.508 e. The fraction of sp³-hybridized carbons (Fsp3) is 0.600. The minimum atomic E-state index is 0.171. The van der Waals surface area contributed by atoms with Crippen LogP contribution in [-0.2, 0) is 0 Å². The first-order chi connectivity index (χ1) is 7.77. The number of phenols is 1. The molecule has 0 aliphatic carbocycles. The lowest BCUT2D eigenvalue weighted by Gasteiger charge is -2.46. The van der Waals surface area contributed by atoms with Gasteiger partial charge in [0.25, 0.3) is 0 Å². The summed E-state index contributed by atoms with van der Waals surface area (Å²) in [5.41, 5.74) is 1.68. The average Bonchev–Trinajstić information content (AvgIpc) is 2.13. The summed E-state index contributed by atoms with van der Waals surface area (Å²) in [7, 11) is 0. The molecule has 0 radical (unpaired) electrons. The number of hydrogen-bond donors (Lipinski definition) is 2. The Morgan fingerprint density at radius 3 is 1.94 bits per heavy atom. The molecule has 1 saturated heterocycles. The molecule has 0 unspecified atom stereocenters. The monoisotopic (exact) mass is 233 g/mol. The van der Waals surface area contributed by atoms with E-state index in [0.29, 0.717) is 11.7 Å². The Bertz CT molecular complexity index is 376. The van der Waals surface area contributed by atoms with E-state index < -0.39 is 0 Å². The van der Waals surface area contributed by atoms with Crippen molar-refractivity contribution < 1.29 is 5.11 Å². The smallest absolute Gasteiger partial charge is 0.115 e. The van der Waals surface area contributed by atoms with Crippen LogP contribution in [0.5, 0.6) is 5.75 Å². The van der Waals surface area contributed by atoms with Crippen LogP contribution in [0, 0.1) is 0 Å². The summed E-state index contributed by atoms with van der Waals surface area (Å²) in [5.74, 6) is 0.919. The summed E-state index contributed by atoms with van der Waals surface area (Å²) in [4.78, 5) is 0. The van der Waals surface area contributed by atoms with Crippen molar-refractivity contribution in [3.63, 3.8) is 0 Å². The fourth-order valence-electron chi connectivity index (χ4n) is 3.30. The van der Waals surface area contributed by atoms with Crippen LogP contribution in [0.25, 0.3) is 0 Å². The molecule has 1 fully saturated rings. The number of nitrogens with one attached hydrogen (secondary N) is 1. The molecule has 0 bridgehead atoms. The predicted molar refractivity (Wildman–Crippen MR) is 71.4 cm³/mol. The molecule has 2 rings (SSSR count). The minimum absolute atomic E-state index is 0.171. The Balaban J connectivity index is 2.24. The first kappa shape index (κ1) is 12.4. The van der Waals surface area contributed by atoms with Gasteiger partial charge in [-0.1, -0.05) is 12.1 Å². The van der Waals surface area contributed by atoms with Crippen molar-refractivity contribution in [2.45, 2.75) is 57.5 Å². The molecule has 2 nitrogen and oxygen atoms in total. The van der Waals surface area contributed by atoms with E-state index in [1.807, 2.05) is 0 Å². The molecular weight excluding hydrogens is 210 g/mol. The van der Waals surface area contributed by atoms with Gasteiger partial charge in [-0.05, 0) is 64.2 Å². The van der Waals surface area contributed by atoms with Crippen LogP contribution < -0.4 is 5.32 Å². The molecule has 1 aliphatic rings. The van der Waals surface area contributed by atoms with E-state index in [2.05, 4.69) is 45.1 Å². The normalized spacial score (nSPS) is 23.5. The highest BCUT2D eigenvalue weighted by Crippen LogP contribution is 2.39. The number of piperidine rings is 1. The van der Waals surface area contributed by atoms with Crippen LogP contribution >= 0.6 is 0 Å². The van der Waals surface area contributed by atoms with E-state index in [-0.39, 0.29) is 11.1 Å². The second-order valence-corrected chi connectivity index (χ2v) is 6.59. The summed E-state index contributed by atoms with van der Waals surface area (Å²) >= 11 is 0. The predicted octanol–water partition coefficient (Wildman–Crippen LogP) is 3.42. The molecule has 1 aromatic carbocycles. The standard InChI is InChI=1S/C15H23NO/c1-14(2)9-12(10-15(3,4)16-14)11-5-7-13(17)8-6-11/h5-8,12,16-17H,9-10H2,1-4H3. The summed E-state index contributed by atoms with van der Waals surface area (Å²) in [6, 6.07) is 7.68. The third-order valence-corrected chi connectivity index (χ3v) is 3.55. The molecule has 94 valence electrons. The molecule has 0 saturated carbocycles. The van der Waals surface area contributed by atoms with E-state index in [1.54, 1.807) is 12.1 Å². The number of aromatic hydroxyl groups is 1. The highest BCUT2D eigenvalue weighted by molar-refractivity contribution is 5.29. The van der Waals surface area contributed by atoms with Gasteiger partial charge in [-0.15, -0.1) is 0 Å². The lowest BCUT2D eigenvalue weighted by atomic mass is 9.73. The van der Waals surface area contributed by atoms with Crippen molar-refractivity contribution in [3.05, 3.63) is 29.8 Å². The van der Waals surface area contributed by atoms with Crippen LogP contribution in [0.4, 0.5) is 0 Å². The zero-order valence-electron chi connectivity index (χ0n) is 11.2. The van der Waals surface area contributed by atoms with Gasteiger partial charge >= 0.3 is 0 Å². The molecule has 1 heterocycles. The van der Waals surface area contributed by atoms with Gasteiger partial charge in [0.2, 0.25) is 0 Å². The van der Waals surface area contributed by atoms with Crippen LogP contribution in [0.2, 0.25) is 0 Å². The first-order valence-corrected chi connectivity index (χ1v) is 6.36. The van der Waals surface area contributed by atoms with Gasteiger partial charge in [-0.2, -0.15) is 0 Å². The highest BCUT2D eigenvalue weighted by Gasteiger charge is 2.37. The molecule has 1 aliphatic heterocycles. The van der Waals surface area contributed by atoms with E-state index in [1.165, 1.54) is 5.56 Å². The SMILES string of the molecule is CC1(C)CC(c2ccc(O)cc2)CC(C)(C)N1. The zero-order chi connectivity index (χ0) is 12.7. The summed E-state index contributed by atoms with van der Waals surface area (Å²) < 4.78 is 0. The van der Waals surface area contributed by atoms with Crippen LogP contribution in [-0.4, -0.2) is 16.2 Å². The van der Waals surface area contributed by atoms with Gasteiger partial charge in [0.05, 0.1) is 0 Å². The first-order valence-electron chi connectivity index (χ1n) is 6.36. The van der Waals surface area contributed by atoms with Crippen molar-refractivity contribution in [1.82, 2.24) is 5.32 Å². The summed E-state index contributed by atoms with van der Waals surface area (Å²) in [6.07, 6.45) is 2.28. The third kappa shape index (κ3) is 3.01. The molecule has 0 atom stereocenters. The molecule has 0 amide bonds. The van der Waals surface area contributed by atoms with Crippen LogP contribution in [0.1, 0.15) is 52.0 Å². The Labute approximate surface area is 104 Å². The quantitative estimate of drug-likeness (QED) is 0.779. The van der Waals surface area contributed by atoms with Gasteiger partial charge in [-0.25, -0.2) is 0 Å². The fourth-order valence-corrected chi connectivity index (χ4v) is 3.30. The second kappa shape index (κ2) is 4.02. The van der Waals surface area contributed by atoms with E-state index >= 15 is 0 Å². The summed E-state index contributed by atoms with van der Waals surface area (Å²) in [5, 5.41) is 13.0. The lowest BCUT2D eigenvalue weighted by molar-refractivity contribution is 0.162. The van der Waals surface area contributed by atoms with Crippen molar-refractivity contribution in [2.75, 3.05) is 0 Å². The average molecular weight is 233 g/mol. The maximum absolute atomic E-state index is 9.35. The van der Waals surface area contributed by atoms with Gasteiger partial charge in [0, 0.05) is 11.1 Å². The van der Waals surface area contributed by atoms with E-state index in [9.17, 15) is 5.11 Å². The largest absolute Gasteiger partial charge is 0.508 e. The molecule has 2 heteroatoms. The molecule has 17 heavy (non-hydrogen) atoms. The highest BCUT2D eigenvalue weighted by atomic mass is 16.3. The second-order valence-electron chi connectivity index (χ2n) is 6.59. The Morgan fingerprint density at radius 1 is 1.00 bits per heavy atom. The van der Waals surface area contributed by atoms with Crippen LogP contribution in [0.3, 0.4) is 0 Å². The van der Waals surface area contributed by atoms with Gasteiger partial charge in [0.15, 0.2) is 0 Å². The van der Waals surface area contributed by atoms with Crippen molar-refractivity contribution in [1.29, 1.82) is 0 Å². The van der Waals surface area contributed by atoms with Crippen molar-refractivity contribution >= 4 is 0 Å². The molecule has 2 N–H and O–H groups in total. The molecule has 1 aromatic rings. The van der Waals surface area contributed by atoms with Crippen molar-refractivity contribution in [3.8, 4) is 5.75 Å². The number of rotatable bonds is 1. The maximum atomic E-state index is 9.35. The number of hydrogen-bond acceptors (Lipinski definition) is 2. The van der Waals surface area contributed by atoms with E-state index in [4.69, 9.17) is 0 Å². The molecule has 0 aromatic heterocycles. The van der Waals surface area contributed by atoms with Crippen molar-refractivity contribution in [2.24, 2.45) is 0 Å². The maximum Gasteiger partial charge on any atom is 0.115 e. The Morgan fingerprint density at radius 2 is 1.47 bits per heavy atom. The van der Waals surface area contributed by atoms with Gasteiger partial charge in [0.1, 0.15) is 5.75 Å². The Kier molecular flexibility index (Phi) is 2.94. The topological polar surface area (TPSA) is 32.3 Å². The van der Waals surface area contributed by atoms with Crippen LogP contribution in [0.15, 0.2) is 24.3 Å². The van der Waals surface area contributed by atoms with Gasteiger partial charge in [-0.3, -0.25) is 0 Å². The molecular formula is C15H23NO. The number of benzene rings is 1. The number of phenolic OH excluding ortho intramolecular Hbond substituents is 1. The third-order valence-electron chi connectivity index (χ3n) is 3.55. The van der Waals surface area contributed by atoms with Gasteiger partial charge < -0.3 is 10.4 Å². The lowest BCUT2D eigenvalue weighted by Crippen LogP contribution is -2.57. The summed E-state index contributed by atoms with van der Waals surface area (Å²) in [6.45, 7) is 9.06.